The van der Waals surface area contributed by atoms with Crippen molar-refractivity contribution in [2.45, 2.75) is 4.90 Å². The van der Waals surface area contributed by atoms with Crippen LogP contribution in [0, 0.1) is 0 Å². The third-order valence-electron chi connectivity index (χ3n) is 4.99. The zero-order chi connectivity index (χ0) is 21.3. The molecule has 0 radical (unpaired) electrons. The van der Waals surface area contributed by atoms with E-state index < -0.39 is 21.5 Å². The number of halogens is 1. The summed E-state index contributed by atoms with van der Waals surface area (Å²) in [4.78, 5) is 21.0. The monoisotopic (exact) mass is 465 g/mol. The minimum atomic E-state index is -3.71. The lowest BCUT2D eigenvalue weighted by molar-refractivity contribution is -0.128. The molecule has 0 bridgehead atoms. The van der Waals surface area contributed by atoms with E-state index in [1.807, 2.05) is 18.2 Å². The Kier molecular flexibility index (Phi) is 5.86. The maximum absolute atomic E-state index is 12.6. The van der Waals surface area contributed by atoms with Crippen LogP contribution in [0.4, 0.5) is 5.13 Å². The summed E-state index contributed by atoms with van der Waals surface area (Å²) >= 11 is 7.77. The summed E-state index contributed by atoms with van der Waals surface area (Å²) in [6.07, 6.45) is 0. The van der Waals surface area contributed by atoms with Crippen molar-refractivity contribution in [1.29, 1.82) is 0 Å². The minimum Gasteiger partial charge on any atom is -0.497 e. The van der Waals surface area contributed by atoms with E-state index in [0.29, 0.717) is 37.0 Å². The first-order valence-electron chi connectivity index (χ1n) is 9.32. The molecule has 1 aliphatic heterocycles. The molecule has 30 heavy (non-hydrogen) atoms. The molecule has 7 nitrogen and oxygen atoms in total. The Morgan fingerprint density at radius 3 is 2.47 bits per heavy atom. The zero-order valence-corrected chi connectivity index (χ0v) is 18.6. The fourth-order valence-electron chi connectivity index (χ4n) is 3.31. The third-order valence-corrected chi connectivity index (χ3v) is 8.00. The average molecular weight is 466 g/mol. The van der Waals surface area contributed by atoms with Crippen molar-refractivity contribution < 1.29 is 17.9 Å². The van der Waals surface area contributed by atoms with Crippen LogP contribution in [-0.2, 0) is 14.6 Å². The van der Waals surface area contributed by atoms with Gasteiger partial charge in [0.05, 0.1) is 21.7 Å². The number of sulfone groups is 1. The Morgan fingerprint density at radius 2 is 1.83 bits per heavy atom. The molecule has 0 aliphatic carbocycles. The van der Waals surface area contributed by atoms with Crippen molar-refractivity contribution >= 4 is 54.0 Å². The summed E-state index contributed by atoms with van der Waals surface area (Å²) in [5.74, 6) is -0.374. The van der Waals surface area contributed by atoms with Crippen molar-refractivity contribution in [1.82, 2.24) is 9.88 Å². The number of fused-ring (bicyclic) bond motifs is 1. The number of rotatable bonds is 5. The number of ether oxygens (including phenoxy) is 1. The normalized spacial score (nSPS) is 14.9. The number of aromatic nitrogens is 1. The second-order valence-corrected chi connectivity index (χ2v) is 10.3. The SMILES string of the molecule is COc1ccc(S(=O)(=O)CC(=O)N2CCN(c3nc4c(Cl)cccc4s3)CC2)cc1. The first kappa shape index (κ1) is 20.9. The molecule has 0 N–H and O–H groups in total. The van der Waals surface area contributed by atoms with Crippen LogP contribution in [0.3, 0.4) is 0 Å². The van der Waals surface area contributed by atoms with Crippen molar-refractivity contribution in [3.8, 4) is 5.75 Å². The van der Waals surface area contributed by atoms with E-state index in [0.717, 1.165) is 15.3 Å². The predicted molar refractivity (Wildman–Crippen MR) is 118 cm³/mol. The molecule has 0 spiro atoms. The molecule has 10 heteroatoms. The van der Waals surface area contributed by atoms with Gasteiger partial charge >= 0.3 is 0 Å². The van der Waals surface area contributed by atoms with E-state index in [1.165, 1.54) is 19.2 Å². The highest BCUT2D eigenvalue weighted by Crippen LogP contribution is 2.33. The van der Waals surface area contributed by atoms with Crippen LogP contribution in [-0.4, -0.2) is 63.3 Å². The summed E-state index contributed by atoms with van der Waals surface area (Å²) in [6, 6.07) is 11.7. The number of thiazole rings is 1. The van der Waals surface area contributed by atoms with Crippen molar-refractivity contribution in [2.24, 2.45) is 0 Å². The second-order valence-electron chi connectivity index (χ2n) is 6.89. The van der Waals surface area contributed by atoms with E-state index >= 15 is 0 Å². The molecule has 4 rings (SSSR count). The number of anilines is 1. The summed E-state index contributed by atoms with van der Waals surface area (Å²) in [5, 5.41) is 1.48. The minimum absolute atomic E-state index is 0.113. The maximum Gasteiger partial charge on any atom is 0.238 e. The number of carbonyl (C=O) groups is 1. The lowest BCUT2D eigenvalue weighted by Gasteiger charge is -2.34. The van der Waals surface area contributed by atoms with Gasteiger partial charge in [-0.3, -0.25) is 4.79 Å². The predicted octanol–water partition coefficient (Wildman–Crippen LogP) is 3.08. The Labute approximate surface area is 183 Å². The van der Waals surface area contributed by atoms with Gasteiger partial charge < -0.3 is 14.5 Å². The van der Waals surface area contributed by atoms with E-state index in [9.17, 15) is 13.2 Å². The summed E-state index contributed by atoms with van der Waals surface area (Å²) in [6.45, 7) is 2.07. The molecule has 0 unspecified atom stereocenters. The number of methoxy groups -OCH3 is 1. The van der Waals surface area contributed by atoms with E-state index in [1.54, 1.807) is 28.4 Å². The zero-order valence-electron chi connectivity index (χ0n) is 16.2. The number of benzene rings is 2. The number of piperazine rings is 1. The van der Waals surface area contributed by atoms with Crippen LogP contribution in [0.2, 0.25) is 5.02 Å². The van der Waals surface area contributed by atoms with E-state index in [4.69, 9.17) is 16.3 Å². The molecule has 0 saturated carbocycles. The van der Waals surface area contributed by atoms with Crippen molar-refractivity contribution in [2.75, 3.05) is 43.9 Å². The number of carbonyl (C=O) groups excluding carboxylic acids is 1. The Hall–Kier alpha value is -2.36. The quantitative estimate of drug-likeness (QED) is 0.576. The Morgan fingerprint density at radius 1 is 1.13 bits per heavy atom. The van der Waals surface area contributed by atoms with Gasteiger partial charge in [0.15, 0.2) is 15.0 Å². The van der Waals surface area contributed by atoms with Gasteiger partial charge in [-0.2, -0.15) is 0 Å². The number of hydrogen-bond acceptors (Lipinski definition) is 7. The van der Waals surface area contributed by atoms with E-state index in [2.05, 4.69) is 9.88 Å². The second kappa shape index (κ2) is 8.41. The van der Waals surface area contributed by atoms with Gasteiger partial charge in [-0.1, -0.05) is 29.0 Å². The maximum atomic E-state index is 12.6. The van der Waals surface area contributed by atoms with Gasteiger partial charge in [-0.25, -0.2) is 13.4 Å². The van der Waals surface area contributed by atoms with E-state index in [-0.39, 0.29) is 4.90 Å². The number of hydrogen-bond donors (Lipinski definition) is 0. The molecule has 0 atom stereocenters. The highest BCUT2D eigenvalue weighted by molar-refractivity contribution is 7.92. The first-order valence-corrected chi connectivity index (χ1v) is 12.2. The molecular weight excluding hydrogens is 446 g/mol. The molecule has 1 fully saturated rings. The summed E-state index contributed by atoms with van der Waals surface area (Å²) < 4.78 is 31.2. The molecular formula is C20H20ClN3O4S2. The van der Waals surface area contributed by atoms with Gasteiger partial charge in [-0.15, -0.1) is 0 Å². The van der Waals surface area contributed by atoms with Crippen LogP contribution in [0.5, 0.6) is 5.75 Å². The lowest BCUT2D eigenvalue weighted by Crippen LogP contribution is -2.50. The fourth-order valence-corrected chi connectivity index (χ4v) is 5.85. The van der Waals surface area contributed by atoms with Crippen molar-refractivity contribution in [3.63, 3.8) is 0 Å². The summed E-state index contributed by atoms with van der Waals surface area (Å²) in [7, 11) is -2.20. The van der Waals surface area contributed by atoms with Gasteiger partial charge in [0, 0.05) is 26.2 Å². The molecule has 2 heterocycles. The fraction of sp³-hybridized carbons (Fsp3) is 0.300. The smallest absolute Gasteiger partial charge is 0.238 e. The number of amides is 1. The average Bonchev–Trinajstić information content (AvgIpc) is 3.19. The highest BCUT2D eigenvalue weighted by atomic mass is 35.5. The van der Waals surface area contributed by atoms with Gasteiger partial charge in [0.25, 0.3) is 0 Å². The summed E-state index contributed by atoms with van der Waals surface area (Å²) in [5.41, 5.74) is 0.781. The third kappa shape index (κ3) is 4.23. The molecule has 1 aliphatic rings. The molecule has 158 valence electrons. The molecule has 2 aromatic carbocycles. The molecule has 1 aromatic heterocycles. The Balaban J connectivity index is 1.39. The number of nitrogens with zero attached hydrogens (tertiary/aromatic N) is 3. The molecule has 1 saturated heterocycles. The highest BCUT2D eigenvalue weighted by Gasteiger charge is 2.27. The largest absolute Gasteiger partial charge is 0.497 e. The van der Waals surface area contributed by atoms with Gasteiger partial charge in [0.1, 0.15) is 17.0 Å². The molecule has 1 amide bonds. The standard InChI is InChI=1S/C20H20ClN3O4S2/c1-28-14-5-7-15(8-6-14)30(26,27)13-18(25)23-9-11-24(12-10-23)20-22-19-16(21)3-2-4-17(19)29-20/h2-8H,9-13H2,1H3. The van der Waals surface area contributed by atoms with Crippen LogP contribution < -0.4 is 9.64 Å². The van der Waals surface area contributed by atoms with Gasteiger partial charge in [-0.05, 0) is 36.4 Å². The first-order chi connectivity index (χ1) is 14.4. The van der Waals surface area contributed by atoms with Crippen LogP contribution >= 0.6 is 22.9 Å². The molecule has 3 aromatic rings. The van der Waals surface area contributed by atoms with Crippen LogP contribution in [0.15, 0.2) is 47.4 Å². The lowest BCUT2D eigenvalue weighted by atomic mass is 10.3. The Bertz CT molecular complexity index is 1170. The van der Waals surface area contributed by atoms with Crippen molar-refractivity contribution in [3.05, 3.63) is 47.5 Å². The van der Waals surface area contributed by atoms with Crippen LogP contribution in [0.1, 0.15) is 0 Å². The van der Waals surface area contributed by atoms with Crippen LogP contribution in [0.25, 0.3) is 10.2 Å². The topological polar surface area (TPSA) is 79.8 Å². The number of para-hydroxylation sites is 1. The van der Waals surface area contributed by atoms with Gasteiger partial charge in [0.2, 0.25) is 5.91 Å².